The molecular formula is C22H18F5NO8S. The molecule has 4 rings (SSSR count). The predicted molar refractivity (Wildman–Crippen MR) is 115 cm³/mol. The number of phenolic OH excluding ortho intramolecular Hbond substituents is 1. The number of carbonyl (C=O) groups is 3. The van der Waals surface area contributed by atoms with Crippen LogP contribution in [0, 0.1) is 11.8 Å². The summed E-state index contributed by atoms with van der Waals surface area (Å²) >= 11 is -0.860. The van der Waals surface area contributed by atoms with Crippen LogP contribution in [-0.2, 0) is 9.59 Å². The number of allylic oxidation sites excluding steroid dienone is 1. The van der Waals surface area contributed by atoms with Crippen LogP contribution in [0.5, 0.6) is 5.75 Å². The Labute approximate surface area is 208 Å². The third-order valence-corrected chi connectivity index (χ3v) is 8.06. The zero-order chi connectivity index (χ0) is 27.8. The molecule has 0 saturated carbocycles. The smallest absolute Gasteiger partial charge is 0.464 e. The summed E-state index contributed by atoms with van der Waals surface area (Å²) in [6.07, 6.45) is -8.87. The molecule has 7 N–H and O–H groups in total. The fraction of sp³-hybridized carbons (Fsp3) is 0.409. The van der Waals surface area contributed by atoms with Gasteiger partial charge in [-0.25, -0.2) is 0 Å². The summed E-state index contributed by atoms with van der Waals surface area (Å²) in [5, 5.41) is 48.6. The van der Waals surface area contributed by atoms with Gasteiger partial charge in [-0.1, -0.05) is 23.9 Å². The van der Waals surface area contributed by atoms with Crippen molar-refractivity contribution in [3.05, 3.63) is 52.0 Å². The maximum absolute atomic E-state index is 13.8. The molecule has 1 amide bonds. The van der Waals surface area contributed by atoms with Crippen molar-refractivity contribution in [1.29, 1.82) is 0 Å². The molecule has 0 spiro atoms. The summed E-state index contributed by atoms with van der Waals surface area (Å²) in [6, 6.07) is 3.33. The quantitative estimate of drug-likeness (QED) is 0.241. The van der Waals surface area contributed by atoms with Gasteiger partial charge in [0.1, 0.15) is 22.8 Å². The molecule has 0 fully saturated rings. The van der Waals surface area contributed by atoms with Crippen LogP contribution in [-0.4, -0.2) is 71.9 Å². The third-order valence-electron chi connectivity index (χ3n) is 6.94. The van der Waals surface area contributed by atoms with E-state index in [0.29, 0.717) is 0 Å². The van der Waals surface area contributed by atoms with Gasteiger partial charge in [0.15, 0.2) is 11.4 Å². The lowest BCUT2D eigenvalue weighted by Gasteiger charge is -2.50. The van der Waals surface area contributed by atoms with Crippen LogP contribution in [0.2, 0.25) is 0 Å². The molecule has 3 aliphatic rings. The molecule has 9 nitrogen and oxygen atoms in total. The number of aliphatic hydroxyl groups excluding tert-OH is 3. The summed E-state index contributed by atoms with van der Waals surface area (Å²) in [5.74, 6) is -13.8. The zero-order valence-corrected chi connectivity index (χ0v) is 19.1. The summed E-state index contributed by atoms with van der Waals surface area (Å²) in [5.41, 5.74) is -0.953. The van der Waals surface area contributed by atoms with E-state index in [9.17, 15) is 61.9 Å². The molecule has 1 aromatic carbocycles. The number of carbonyl (C=O) groups excluding carboxylic acids is 3. The summed E-state index contributed by atoms with van der Waals surface area (Å²) in [6.45, 7) is 0. The number of aliphatic hydroxyl groups is 4. The molecule has 15 heteroatoms. The summed E-state index contributed by atoms with van der Waals surface area (Å²) < 4.78 is 66.1. The number of primary amides is 1. The van der Waals surface area contributed by atoms with Gasteiger partial charge in [-0.05, 0) is 11.6 Å². The van der Waals surface area contributed by atoms with E-state index in [0.717, 1.165) is 12.1 Å². The van der Waals surface area contributed by atoms with Crippen LogP contribution in [0.3, 0.4) is 0 Å². The van der Waals surface area contributed by atoms with E-state index in [1.807, 2.05) is 0 Å². The van der Waals surface area contributed by atoms with Crippen LogP contribution in [0.15, 0.2) is 40.9 Å². The first-order chi connectivity index (χ1) is 17.0. The van der Waals surface area contributed by atoms with Crippen LogP contribution < -0.4 is 5.73 Å². The highest BCUT2D eigenvalue weighted by atomic mass is 32.2. The Balaban J connectivity index is 1.93. The number of benzene rings is 1. The van der Waals surface area contributed by atoms with Gasteiger partial charge < -0.3 is 31.3 Å². The van der Waals surface area contributed by atoms with Crippen LogP contribution in [0.4, 0.5) is 22.0 Å². The number of fused-ring (bicyclic) bond motifs is 3. The summed E-state index contributed by atoms with van der Waals surface area (Å²) in [7, 11) is 0. The summed E-state index contributed by atoms with van der Waals surface area (Å²) in [4.78, 5) is 38.0. The van der Waals surface area contributed by atoms with Crippen molar-refractivity contribution in [2.24, 2.45) is 17.6 Å². The highest BCUT2D eigenvalue weighted by molar-refractivity contribution is 8.00. The molecule has 0 saturated heterocycles. The van der Waals surface area contributed by atoms with E-state index in [-0.39, 0.29) is 5.56 Å². The lowest BCUT2D eigenvalue weighted by atomic mass is 9.56. The SMILES string of the molecule is NC(=O)C1=C(O)C[C@@H]2[C@@H](O)[C@H]3C(=C(O)[C@]2(O)C1=O)C(=O)c1c(O)cccc1[C@@H]3CSC(F)(F)C(F)(F)F. The number of nitrogens with two attached hydrogens (primary N) is 1. The molecule has 0 heterocycles. The minimum atomic E-state index is -5.95. The first kappa shape index (κ1) is 26.9. The molecule has 5 atom stereocenters. The van der Waals surface area contributed by atoms with E-state index >= 15 is 0 Å². The average Bonchev–Trinajstić information content (AvgIpc) is 2.77. The molecule has 1 aromatic rings. The van der Waals surface area contributed by atoms with Crippen molar-refractivity contribution in [2.75, 3.05) is 5.75 Å². The Morgan fingerprint density at radius 2 is 1.76 bits per heavy atom. The zero-order valence-electron chi connectivity index (χ0n) is 18.3. The average molecular weight is 551 g/mol. The molecule has 0 radical (unpaired) electrons. The molecule has 0 bridgehead atoms. The molecule has 0 aliphatic heterocycles. The molecule has 0 unspecified atom stereocenters. The number of amides is 1. The first-order valence-electron chi connectivity index (χ1n) is 10.5. The maximum atomic E-state index is 13.8. The van der Waals surface area contributed by atoms with Crippen molar-refractivity contribution in [3.63, 3.8) is 0 Å². The van der Waals surface area contributed by atoms with E-state index in [4.69, 9.17) is 5.73 Å². The Bertz CT molecular complexity index is 1290. The molecular weight excluding hydrogens is 533 g/mol. The molecule has 200 valence electrons. The van der Waals surface area contributed by atoms with Gasteiger partial charge in [0.05, 0.1) is 11.7 Å². The maximum Gasteiger partial charge on any atom is 0.464 e. The van der Waals surface area contributed by atoms with Crippen LogP contribution in [0.1, 0.15) is 28.3 Å². The lowest BCUT2D eigenvalue weighted by molar-refractivity contribution is -0.237. The highest BCUT2D eigenvalue weighted by Gasteiger charge is 2.65. The number of hydrogen-bond acceptors (Lipinski definition) is 9. The van der Waals surface area contributed by atoms with E-state index in [1.165, 1.54) is 6.07 Å². The number of phenols is 1. The minimum absolute atomic E-state index is 0.221. The van der Waals surface area contributed by atoms with Gasteiger partial charge in [0.25, 0.3) is 5.91 Å². The largest absolute Gasteiger partial charge is 0.511 e. The van der Waals surface area contributed by atoms with E-state index < -0.39 is 116 Å². The van der Waals surface area contributed by atoms with Crippen molar-refractivity contribution in [1.82, 2.24) is 0 Å². The van der Waals surface area contributed by atoms with Gasteiger partial charge in [-0.15, -0.1) is 0 Å². The second-order valence-electron chi connectivity index (χ2n) is 8.87. The standard InChI is InChI=1S/C22H18F5NO8S/c23-21(24,25)22(26,27)37-5-7-6-2-1-3-9(29)11(6)16(32)14-12(7)15(31)8-4-10(30)13(19(28)35)17(33)20(8,36)18(14)34/h1-3,7-8,12,15,29-31,34,36H,4-5H2,(H2,28,35)/t7-,8+,12+,15+,20+/m0/s1. The van der Waals surface area contributed by atoms with Crippen LogP contribution in [0.25, 0.3) is 0 Å². The normalized spacial score (nSPS) is 30.1. The van der Waals surface area contributed by atoms with Crippen molar-refractivity contribution in [2.45, 2.75) is 35.5 Å². The monoisotopic (exact) mass is 551 g/mol. The van der Waals surface area contributed by atoms with E-state index in [2.05, 4.69) is 0 Å². The number of rotatable bonds is 4. The number of thioether (sulfide) groups is 1. The van der Waals surface area contributed by atoms with Gasteiger partial charge >= 0.3 is 11.4 Å². The Kier molecular flexibility index (Phi) is 6.12. The van der Waals surface area contributed by atoms with Gasteiger partial charge in [0.2, 0.25) is 5.78 Å². The topological polar surface area (TPSA) is 178 Å². The predicted octanol–water partition coefficient (Wildman–Crippen LogP) is 1.98. The molecule has 0 aromatic heterocycles. The van der Waals surface area contributed by atoms with Crippen molar-refractivity contribution >= 4 is 29.2 Å². The number of halogens is 5. The second-order valence-corrected chi connectivity index (χ2v) is 10.0. The fourth-order valence-electron chi connectivity index (χ4n) is 5.25. The van der Waals surface area contributed by atoms with Crippen molar-refractivity contribution < 1.29 is 61.9 Å². The molecule has 37 heavy (non-hydrogen) atoms. The van der Waals surface area contributed by atoms with Crippen LogP contribution >= 0.6 is 11.8 Å². The van der Waals surface area contributed by atoms with E-state index in [1.54, 1.807) is 0 Å². The number of aromatic hydroxyl groups is 1. The van der Waals surface area contributed by atoms with Gasteiger partial charge in [-0.2, -0.15) is 22.0 Å². The number of hydrogen-bond donors (Lipinski definition) is 6. The first-order valence-corrected chi connectivity index (χ1v) is 11.5. The van der Waals surface area contributed by atoms with Gasteiger partial charge in [0, 0.05) is 35.5 Å². The molecule has 3 aliphatic carbocycles. The number of Topliss-reactive ketones (excluding diaryl/α,β-unsaturated/α-hetero) is 2. The Morgan fingerprint density at radius 1 is 1.14 bits per heavy atom. The minimum Gasteiger partial charge on any atom is -0.511 e. The Morgan fingerprint density at radius 3 is 2.32 bits per heavy atom. The number of alkyl halides is 5. The Hall–Kier alpha value is -3.17. The highest BCUT2D eigenvalue weighted by Crippen LogP contribution is 2.56. The fourth-order valence-corrected chi connectivity index (χ4v) is 6.19. The second kappa shape index (κ2) is 8.43. The lowest BCUT2D eigenvalue weighted by Crippen LogP contribution is -2.62. The van der Waals surface area contributed by atoms with Crippen molar-refractivity contribution in [3.8, 4) is 5.75 Å². The third kappa shape index (κ3) is 3.70. The van der Waals surface area contributed by atoms with Gasteiger partial charge in [-0.3, -0.25) is 14.4 Å². The number of ketones is 2.